The van der Waals surface area contributed by atoms with Crippen molar-refractivity contribution in [2.45, 2.75) is 6.42 Å². The van der Waals surface area contributed by atoms with Crippen molar-refractivity contribution in [3.05, 3.63) is 58.0 Å². The monoisotopic (exact) mass is 363 g/mol. The number of benzene rings is 1. The summed E-state index contributed by atoms with van der Waals surface area (Å²) in [5.74, 6) is 2.61. The van der Waals surface area contributed by atoms with Crippen LogP contribution in [0.3, 0.4) is 0 Å². The Hall–Kier alpha value is -2.24. The zero-order chi connectivity index (χ0) is 17.1. The van der Waals surface area contributed by atoms with Gasteiger partial charge in [-0.05, 0) is 29.8 Å². The lowest BCUT2D eigenvalue weighted by molar-refractivity contribution is 0.414. The van der Waals surface area contributed by atoms with Crippen LogP contribution in [0.5, 0.6) is 5.75 Å². The molecule has 3 aromatic rings. The number of nitrogens with zero attached hydrogens (tertiary/aromatic N) is 2. The van der Waals surface area contributed by atoms with Crippen LogP contribution < -0.4 is 10.1 Å². The fourth-order valence-electron chi connectivity index (χ4n) is 2.25. The Morgan fingerprint density at radius 3 is 2.38 bits per heavy atom. The van der Waals surface area contributed by atoms with Crippen LogP contribution in [0, 0.1) is 0 Å². The van der Waals surface area contributed by atoms with E-state index in [0.29, 0.717) is 33.9 Å². The molecule has 0 aliphatic rings. The number of hydrogen-bond acceptors (Lipinski definition) is 5. The van der Waals surface area contributed by atoms with Gasteiger partial charge in [-0.25, -0.2) is 9.97 Å². The third-order valence-electron chi connectivity index (χ3n) is 3.52. The molecule has 0 saturated heterocycles. The largest absolute Gasteiger partial charge is 0.497 e. The smallest absolute Gasteiger partial charge is 0.222 e. The van der Waals surface area contributed by atoms with Crippen LogP contribution >= 0.6 is 23.2 Å². The van der Waals surface area contributed by atoms with Gasteiger partial charge in [-0.15, -0.1) is 0 Å². The standard InChI is InChI=1S/C17H15Cl2N3O2/c1-20-17-21-8-10(9-22-17)16-4-3-11(24-16)5-13-14(18)6-12(23-2)7-15(13)19/h3-4,6-9H,5H2,1-2H3,(H,20,21,22). The lowest BCUT2D eigenvalue weighted by Gasteiger charge is -2.08. The number of nitrogens with one attached hydrogen (secondary N) is 1. The van der Waals surface area contributed by atoms with E-state index in [2.05, 4.69) is 15.3 Å². The minimum absolute atomic E-state index is 0.483. The molecule has 0 spiro atoms. The molecule has 1 aromatic carbocycles. The van der Waals surface area contributed by atoms with E-state index in [9.17, 15) is 0 Å². The third-order valence-corrected chi connectivity index (χ3v) is 4.20. The summed E-state index contributed by atoms with van der Waals surface area (Å²) in [4.78, 5) is 8.35. The molecule has 2 aromatic heterocycles. The zero-order valence-electron chi connectivity index (χ0n) is 13.1. The summed E-state index contributed by atoms with van der Waals surface area (Å²) in [7, 11) is 3.34. The molecule has 0 unspecified atom stereocenters. The van der Waals surface area contributed by atoms with E-state index in [0.717, 1.165) is 16.9 Å². The van der Waals surface area contributed by atoms with Crippen LogP contribution in [0.2, 0.25) is 10.0 Å². The highest BCUT2D eigenvalue weighted by Crippen LogP contribution is 2.33. The van der Waals surface area contributed by atoms with Gasteiger partial charge in [-0.2, -0.15) is 0 Å². The summed E-state index contributed by atoms with van der Waals surface area (Å²) in [6.45, 7) is 0. The van der Waals surface area contributed by atoms with Crippen molar-refractivity contribution >= 4 is 29.2 Å². The maximum Gasteiger partial charge on any atom is 0.222 e. The molecule has 124 valence electrons. The predicted molar refractivity (Wildman–Crippen MR) is 95.1 cm³/mol. The summed E-state index contributed by atoms with van der Waals surface area (Å²) in [6, 6.07) is 7.23. The normalized spacial score (nSPS) is 10.7. The summed E-state index contributed by atoms with van der Waals surface area (Å²) in [6.07, 6.45) is 3.89. The Balaban J connectivity index is 1.83. The van der Waals surface area contributed by atoms with Gasteiger partial charge in [0.2, 0.25) is 5.95 Å². The Morgan fingerprint density at radius 2 is 1.79 bits per heavy atom. The average molecular weight is 364 g/mol. The SMILES string of the molecule is CNc1ncc(-c2ccc(Cc3c(Cl)cc(OC)cc3Cl)o2)cn1. The summed E-state index contributed by atoms with van der Waals surface area (Å²) >= 11 is 12.6. The molecule has 0 amide bonds. The van der Waals surface area contributed by atoms with Crippen molar-refractivity contribution in [2.24, 2.45) is 0 Å². The Kier molecular flexibility index (Phi) is 4.92. The number of furan rings is 1. The predicted octanol–water partition coefficient (Wildman–Crippen LogP) is 4.68. The Labute approximate surface area is 149 Å². The van der Waals surface area contributed by atoms with Gasteiger partial charge in [0.25, 0.3) is 0 Å². The highest BCUT2D eigenvalue weighted by molar-refractivity contribution is 6.36. The molecule has 0 bridgehead atoms. The first-order valence-electron chi connectivity index (χ1n) is 7.21. The number of ether oxygens (including phenoxy) is 1. The van der Waals surface area contributed by atoms with Crippen LogP contribution in [0.1, 0.15) is 11.3 Å². The highest BCUT2D eigenvalue weighted by atomic mass is 35.5. The molecule has 0 fully saturated rings. The molecular formula is C17H15Cl2N3O2. The van der Waals surface area contributed by atoms with Crippen LogP contribution in [0.25, 0.3) is 11.3 Å². The number of aromatic nitrogens is 2. The molecule has 3 rings (SSSR count). The van der Waals surface area contributed by atoms with Crippen molar-refractivity contribution in [3.8, 4) is 17.1 Å². The maximum absolute atomic E-state index is 6.29. The topological polar surface area (TPSA) is 60.2 Å². The molecule has 0 radical (unpaired) electrons. The molecule has 5 nitrogen and oxygen atoms in total. The molecule has 2 heterocycles. The first kappa shape index (κ1) is 16.6. The van der Waals surface area contributed by atoms with E-state index in [1.54, 1.807) is 38.7 Å². The van der Waals surface area contributed by atoms with Gasteiger partial charge in [0, 0.05) is 35.9 Å². The number of halogens is 2. The molecule has 0 aliphatic heterocycles. The number of rotatable bonds is 5. The molecule has 0 aliphatic carbocycles. The third kappa shape index (κ3) is 3.47. The van der Waals surface area contributed by atoms with Crippen LogP contribution in [0.4, 0.5) is 5.95 Å². The summed E-state index contributed by atoms with van der Waals surface area (Å²) in [5.41, 5.74) is 1.59. The Morgan fingerprint density at radius 1 is 1.12 bits per heavy atom. The van der Waals surface area contributed by atoms with Gasteiger partial charge in [-0.1, -0.05) is 23.2 Å². The fraction of sp³-hybridized carbons (Fsp3) is 0.176. The minimum atomic E-state index is 0.483. The van der Waals surface area contributed by atoms with E-state index in [1.807, 2.05) is 12.1 Å². The lowest BCUT2D eigenvalue weighted by atomic mass is 10.1. The van der Waals surface area contributed by atoms with Crippen molar-refractivity contribution in [1.29, 1.82) is 0 Å². The van der Waals surface area contributed by atoms with Crippen molar-refractivity contribution in [3.63, 3.8) is 0 Å². The molecule has 0 saturated carbocycles. The quantitative estimate of drug-likeness (QED) is 0.712. The summed E-state index contributed by atoms with van der Waals surface area (Å²) < 4.78 is 11.0. The van der Waals surface area contributed by atoms with Crippen molar-refractivity contribution in [2.75, 3.05) is 19.5 Å². The molecule has 24 heavy (non-hydrogen) atoms. The second-order valence-corrected chi connectivity index (χ2v) is 5.87. The van der Waals surface area contributed by atoms with Gasteiger partial charge in [0.15, 0.2) is 0 Å². The number of anilines is 1. The van der Waals surface area contributed by atoms with Gasteiger partial charge in [0.1, 0.15) is 17.3 Å². The first-order chi connectivity index (χ1) is 11.6. The molecular weight excluding hydrogens is 349 g/mol. The minimum Gasteiger partial charge on any atom is -0.497 e. The van der Waals surface area contributed by atoms with E-state index in [4.69, 9.17) is 32.4 Å². The van der Waals surface area contributed by atoms with Crippen LogP contribution in [-0.2, 0) is 6.42 Å². The summed E-state index contributed by atoms with van der Waals surface area (Å²) in [5, 5.41) is 3.95. The molecule has 7 heteroatoms. The second kappa shape index (κ2) is 7.11. The molecule has 1 N–H and O–H groups in total. The maximum atomic E-state index is 6.29. The fourth-order valence-corrected chi connectivity index (χ4v) is 2.85. The van der Waals surface area contributed by atoms with E-state index in [-0.39, 0.29) is 0 Å². The molecule has 0 atom stereocenters. The number of hydrogen-bond donors (Lipinski definition) is 1. The average Bonchev–Trinajstić information content (AvgIpc) is 3.06. The Bertz CT molecular complexity index is 824. The zero-order valence-corrected chi connectivity index (χ0v) is 14.6. The highest BCUT2D eigenvalue weighted by Gasteiger charge is 2.13. The number of methoxy groups -OCH3 is 1. The van der Waals surface area contributed by atoms with Gasteiger partial charge >= 0.3 is 0 Å². The van der Waals surface area contributed by atoms with Crippen molar-refractivity contribution in [1.82, 2.24) is 9.97 Å². The first-order valence-corrected chi connectivity index (χ1v) is 7.97. The van der Waals surface area contributed by atoms with E-state index >= 15 is 0 Å². The van der Waals surface area contributed by atoms with Gasteiger partial charge in [-0.3, -0.25) is 0 Å². The van der Waals surface area contributed by atoms with Gasteiger partial charge in [0.05, 0.1) is 12.7 Å². The second-order valence-electron chi connectivity index (χ2n) is 5.06. The lowest BCUT2D eigenvalue weighted by Crippen LogP contribution is -1.95. The van der Waals surface area contributed by atoms with Crippen LogP contribution in [-0.4, -0.2) is 24.1 Å². The van der Waals surface area contributed by atoms with E-state index in [1.165, 1.54) is 0 Å². The van der Waals surface area contributed by atoms with Crippen LogP contribution in [0.15, 0.2) is 41.1 Å². The van der Waals surface area contributed by atoms with E-state index < -0.39 is 0 Å². The van der Waals surface area contributed by atoms with Gasteiger partial charge < -0.3 is 14.5 Å². The van der Waals surface area contributed by atoms with Crippen molar-refractivity contribution < 1.29 is 9.15 Å².